The Morgan fingerprint density at radius 2 is 1.74 bits per heavy atom. The maximum atomic E-state index is 14.3. The van der Waals surface area contributed by atoms with E-state index in [0.29, 0.717) is 60.3 Å². The van der Waals surface area contributed by atoms with Gasteiger partial charge in [-0.1, -0.05) is 6.07 Å². The normalized spacial score (nSPS) is 13.5. The van der Waals surface area contributed by atoms with E-state index < -0.39 is 32.1 Å². The molecule has 0 spiro atoms. The summed E-state index contributed by atoms with van der Waals surface area (Å²) in [5.74, 6) is -2.52. The first-order valence-electron chi connectivity index (χ1n) is 13.9. The van der Waals surface area contributed by atoms with E-state index in [-0.39, 0.29) is 28.8 Å². The maximum Gasteiger partial charge on any atom is 0.267 e. The molecule has 1 amide bonds. The Hall–Kier alpha value is -5.41. The van der Waals surface area contributed by atoms with Gasteiger partial charge in [-0.25, -0.2) is 31.7 Å². The number of sulfonamides is 1. The fourth-order valence-corrected chi connectivity index (χ4v) is 6.18. The molecule has 0 aliphatic carbocycles. The van der Waals surface area contributed by atoms with Gasteiger partial charge in [0.05, 0.1) is 36.9 Å². The van der Waals surface area contributed by atoms with Crippen LogP contribution in [0.15, 0.2) is 82.6 Å². The van der Waals surface area contributed by atoms with Crippen molar-refractivity contribution in [3.05, 3.63) is 100 Å². The summed E-state index contributed by atoms with van der Waals surface area (Å²) >= 11 is 0. The highest BCUT2D eigenvalue weighted by Gasteiger charge is 2.23. The number of nitrogens with zero attached hydrogens (tertiary/aromatic N) is 4. The van der Waals surface area contributed by atoms with Crippen molar-refractivity contribution in [1.29, 1.82) is 0 Å². The van der Waals surface area contributed by atoms with Gasteiger partial charge < -0.3 is 20.1 Å². The largest absolute Gasteiger partial charge is 0.480 e. The van der Waals surface area contributed by atoms with E-state index in [1.165, 1.54) is 23.9 Å². The third-order valence-electron chi connectivity index (χ3n) is 7.37. The number of ether oxygens (including phenoxy) is 2. The average molecular weight is 649 g/mol. The third kappa shape index (κ3) is 5.84. The van der Waals surface area contributed by atoms with Crippen LogP contribution in [0.2, 0.25) is 0 Å². The molecule has 5 aromatic rings. The number of nitrogens with one attached hydrogen (secondary N) is 1. The number of carbonyl (C=O) groups excluding carboxylic acids is 1. The lowest BCUT2D eigenvalue weighted by Crippen LogP contribution is -2.40. The minimum Gasteiger partial charge on any atom is -0.480 e. The molecule has 3 N–H and O–H groups in total. The quantitative estimate of drug-likeness (QED) is 0.269. The number of anilines is 2. The molecule has 0 unspecified atom stereocenters. The Labute approximate surface area is 261 Å². The van der Waals surface area contributed by atoms with E-state index in [4.69, 9.17) is 15.2 Å². The monoisotopic (exact) mass is 648 g/mol. The average Bonchev–Trinajstić information content (AvgIpc) is 3.04. The molecule has 1 aliphatic rings. The van der Waals surface area contributed by atoms with E-state index in [2.05, 4.69) is 14.7 Å². The molecule has 1 aliphatic heterocycles. The Kier molecular flexibility index (Phi) is 8.10. The first kappa shape index (κ1) is 30.6. The van der Waals surface area contributed by atoms with E-state index >= 15 is 0 Å². The van der Waals surface area contributed by atoms with Crippen molar-refractivity contribution >= 4 is 38.5 Å². The molecular formula is C31H26F2N6O6S. The van der Waals surface area contributed by atoms with Gasteiger partial charge in [-0.3, -0.25) is 14.3 Å². The lowest BCUT2D eigenvalue weighted by molar-refractivity contribution is 0.0303. The molecule has 1 fully saturated rings. The number of methoxy groups -OCH3 is 1. The molecule has 0 atom stereocenters. The second-order valence-electron chi connectivity index (χ2n) is 10.3. The highest BCUT2D eigenvalue weighted by atomic mass is 32.2. The molecule has 0 saturated carbocycles. The standard InChI is InChI=1S/C31H26F2N6O6S/c1-44-28-26(37-46(42,43)27-9-5-21(32)16-24(27)33)15-20(17-35-28)19-4-8-25-23(14-19)30(41)39(31(34)36-25)22-6-2-18(3-7-22)29(40)38-10-12-45-13-11-38/h2-9,14-17,37H,10-13H2,1H3,(H2,34,36). The van der Waals surface area contributed by atoms with Crippen LogP contribution in [0.4, 0.5) is 20.4 Å². The van der Waals surface area contributed by atoms with Crippen molar-refractivity contribution in [3.63, 3.8) is 0 Å². The van der Waals surface area contributed by atoms with E-state index in [1.54, 1.807) is 47.4 Å². The van der Waals surface area contributed by atoms with Gasteiger partial charge in [-0.05, 0) is 60.2 Å². The molecule has 236 valence electrons. The molecule has 0 bridgehead atoms. The first-order chi connectivity index (χ1) is 22.1. The predicted octanol–water partition coefficient (Wildman–Crippen LogP) is 3.59. The van der Waals surface area contributed by atoms with Crippen LogP contribution in [-0.4, -0.2) is 67.2 Å². The summed E-state index contributed by atoms with van der Waals surface area (Å²) in [7, 11) is -3.23. The molecule has 0 radical (unpaired) electrons. The number of benzene rings is 3. The van der Waals surface area contributed by atoms with Crippen molar-refractivity contribution in [3.8, 4) is 22.7 Å². The van der Waals surface area contributed by atoms with Gasteiger partial charge in [-0.2, -0.15) is 0 Å². The van der Waals surface area contributed by atoms with Crippen LogP contribution in [0, 0.1) is 11.6 Å². The van der Waals surface area contributed by atoms with Gasteiger partial charge in [0.25, 0.3) is 21.5 Å². The predicted molar refractivity (Wildman–Crippen MR) is 165 cm³/mol. The zero-order valence-electron chi connectivity index (χ0n) is 24.2. The minimum absolute atomic E-state index is 0.0617. The van der Waals surface area contributed by atoms with Crippen LogP contribution >= 0.6 is 0 Å². The van der Waals surface area contributed by atoms with Gasteiger partial charge in [0.2, 0.25) is 11.8 Å². The second-order valence-corrected chi connectivity index (χ2v) is 11.9. The van der Waals surface area contributed by atoms with Crippen molar-refractivity contribution in [2.45, 2.75) is 4.90 Å². The van der Waals surface area contributed by atoms with Gasteiger partial charge >= 0.3 is 0 Å². The molecule has 6 rings (SSSR count). The minimum atomic E-state index is -4.51. The van der Waals surface area contributed by atoms with Crippen LogP contribution in [0.3, 0.4) is 0 Å². The number of halogens is 2. The fraction of sp³-hybridized carbons (Fsp3) is 0.161. The number of nitrogen functional groups attached to an aromatic ring is 1. The van der Waals surface area contributed by atoms with Crippen molar-refractivity contribution in [1.82, 2.24) is 19.4 Å². The molecule has 15 heteroatoms. The summed E-state index contributed by atoms with van der Waals surface area (Å²) in [4.78, 5) is 36.1. The van der Waals surface area contributed by atoms with Crippen molar-refractivity contribution in [2.24, 2.45) is 0 Å². The number of morpholine rings is 1. The Bertz CT molecular complexity index is 2150. The lowest BCUT2D eigenvalue weighted by Gasteiger charge is -2.26. The smallest absolute Gasteiger partial charge is 0.267 e. The molecule has 1 saturated heterocycles. The molecular weight excluding hydrogens is 622 g/mol. The number of rotatable bonds is 7. The molecule has 3 heterocycles. The van der Waals surface area contributed by atoms with E-state index in [0.717, 1.165) is 12.1 Å². The van der Waals surface area contributed by atoms with Crippen molar-refractivity contribution < 1.29 is 31.5 Å². The number of amides is 1. The van der Waals surface area contributed by atoms with E-state index in [9.17, 15) is 26.8 Å². The summed E-state index contributed by atoms with van der Waals surface area (Å²) in [6, 6.07) is 14.7. The number of aromatic nitrogens is 3. The van der Waals surface area contributed by atoms with Crippen LogP contribution in [0.5, 0.6) is 5.88 Å². The number of nitrogens with two attached hydrogens (primary N) is 1. The van der Waals surface area contributed by atoms with E-state index in [1.807, 2.05) is 0 Å². The number of carbonyl (C=O) groups is 1. The van der Waals surface area contributed by atoms with Crippen LogP contribution in [0.1, 0.15) is 10.4 Å². The lowest BCUT2D eigenvalue weighted by atomic mass is 10.0. The van der Waals surface area contributed by atoms with Crippen LogP contribution < -0.4 is 20.8 Å². The molecule has 12 nitrogen and oxygen atoms in total. The number of pyridine rings is 1. The van der Waals surface area contributed by atoms with Crippen LogP contribution in [-0.2, 0) is 14.8 Å². The molecule has 46 heavy (non-hydrogen) atoms. The summed E-state index contributed by atoms with van der Waals surface area (Å²) in [6.07, 6.45) is 1.41. The summed E-state index contributed by atoms with van der Waals surface area (Å²) < 4.78 is 67.6. The van der Waals surface area contributed by atoms with Gasteiger partial charge in [0, 0.05) is 36.5 Å². The van der Waals surface area contributed by atoms with Crippen LogP contribution in [0.25, 0.3) is 27.7 Å². The van der Waals surface area contributed by atoms with Gasteiger partial charge in [-0.15, -0.1) is 0 Å². The topological polar surface area (TPSA) is 159 Å². The Balaban J connectivity index is 1.35. The summed E-state index contributed by atoms with van der Waals surface area (Å²) in [5.41, 5.74) is 7.61. The summed E-state index contributed by atoms with van der Waals surface area (Å²) in [6.45, 7) is 1.93. The van der Waals surface area contributed by atoms with Crippen molar-refractivity contribution in [2.75, 3.05) is 43.9 Å². The first-order valence-corrected chi connectivity index (χ1v) is 15.4. The highest BCUT2D eigenvalue weighted by molar-refractivity contribution is 7.92. The highest BCUT2D eigenvalue weighted by Crippen LogP contribution is 2.32. The SMILES string of the molecule is COc1ncc(-c2ccc3nc(N)n(-c4ccc(C(=O)N5CCOCC5)cc4)c(=O)c3c2)cc1NS(=O)(=O)c1ccc(F)cc1F. The molecule has 3 aromatic carbocycles. The zero-order chi connectivity index (χ0) is 32.6. The number of hydrogen-bond acceptors (Lipinski definition) is 9. The number of hydrogen-bond donors (Lipinski definition) is 2. The zero-order valence-corrected chi connectivity index (χ0v) is 25.1. The molecule has 2 aromatic heterocycles. The fourth-order valence-electron chi connectivity index (χ4n) is 5.07. The van der Waals surface area contributed by atoms with Gasteiger partial charge in [0.15, 0.2) is 0 Å². The number of fused-ring (bicyclic) bond motifs is 1. The Morgan fingerprint density at radius 1 is 1.00 bits per heavy atom. The Morgan fingerprint density at radius 3 is 2.43 bits per heavy atom. The summed E-state index contributed by atoms with van der Waals surface area (Å²) in [5, 5.41) is 0.200. The second kappa shape index (κ2) is 12.2. The third-order valence-corrected chi connectivity index (χ3v) is 8.77. The maximum absolute atomic E-state index is 14.3. The van der Waals surface area contributed by atoms with Gasteiger partial charge in [0.1, 0.15) is 22.2 Å².